The van der Waals surface area contributed by atoms with Gasteiger partial charge in [-0.25, -0.2) is 0 Å². The van der Waals surface area contributed by atoms with Crippen LogP contribution in [-0.4, -0.2) is 17.4 Å². The van der Waals surface area contributed by atoms with Crippen LogP contribution in [0, 0.1) is 0 Å². The molecule has 0 saturated heterocycles. The third-order valence-corrected chi connectivity index (χ3v) is 3.23. The molecule has 0 amide bonds. The van der Waals surface area contributed by atoms with Crippen molar-refractivity contribution in [2.75, 3.05) is 6.79 Å². The van der Waals surface area contributed by atoms with Gasteiger partial charge < -0.3 is 14.3 Å². The molecule has 0 N–H and O–H groups in total. The Bertz CT molecular complexity index is 402. The Labute approximate surface area is 102 Å². The number of carbonyl (C=O) groups is 1. The van der Waals surface area contributed by atoms with Gasteiger partial charge in [-0.2, -0.15) is 0 Å². The number of halogens is 1. The zero-order valence-corrected chi connectivity index (χ0v) is 10.1. The number of hydrogen-bond acceptors (Lipinski definition) is 3. The lowest BCUT2D eigenvalue weighted by Gasteiger charge is -2.20. The van der Waals surface area contributed by atoms with Gasteiger partial charge in [0, 0.05) is 6.42 Å². The van der Waals surface area contributed by atoms with Crippen LogP contribution in [-0.2, 0) is 20.7 Å². The van der Waals surface area contributed by atoms with Crippen LogP contribution in [0.5, 0.6) is 0 Å². The first-order valence-corrected chi connectivity index (χ1v) is 5.68. The van der Waals surface area contributed by atoms with E-state index >= 15 is 0 Å². The maximum Gasteiger partial charge on any atom is 0.229 e. The number of aldehydes is 1. The Balaban J connectivity index is 2.19. The summed E-state index contributed by atoms with van der Waals surface area (Å²) in [6.07, 6.45) is 2.85. The van der Waals surface area contributed by atoms with Gasteiger partial charge in [0.2, 0.25) is 6.79 Å². The van der Waals surface area contributed by atoms with Gasteiger partial charge in [0.15, 0.2) is 5.76 Å². The first kappa shape index (κ1) is 11.2. The molecule has 0 aliphatic carbocycles. The molecular weight excluding hydrogens is 272 g/mol. The van der Waals surface area contributed by atoms with Crippen LogP contribution in [0.15, 0.2) is 42.4 Å². The predicted octanol–water partition coefficient (Wildman–Crippen LogP) is 2.41. The number of benzene rings is 1. The Hall–Kier alpha value is -1.29. The highest BCUT2D eigenvalue weighted by Crippen LogP contribution is 2.32. The van der Waals surface area contributed by atoms with Crippen molar-refractivity contribution < 1.29 is 14.3 Å². The van der Waals surface area contributed by atoms with E-state index in [9.17, 15) is 4.79 Å². The standard InChI is InChI=1S/C12H11BrO3/c13-12(8-14,11-7-15-9-16-11)6-10-4-2-1-3-5-10/h1-5,7-8H,6,9H2. The Morgan fingerprint density at radius 1 is 1.38 bits per heavy atom. The van der Waals surface area contributed by atoms with E-state index in [0.717, 1.165) is 11.8 Å². The van der Waals surface area contributed by atoms with Crippen LogP contribution in [0.2, 0.25) is 0 Å². The van der Waals surface area contributed by atoms with Gasteiger partial charge in [-0.3, -0.25) is 0 Å². The van der Waals surface area contributed by atoms with Crippen LogP contribution in [0.25, 0.3) is 0 Å². The van der Waals surface area contributed by atoms with Gasteiger partial charge in [-0.15, -0.1) is 0 Å². The van der Waals surface area contributed by atoms with E-state index in [1.165, 1.54) is 6.26 Å². The van der Waals surface area contributed by atoms with E-state index in [0.29, 0.717) is 12.2 Å². The predicted molar refractivity (Wildman–Crippen MR) is 63.0 cm³/mol. The number of carbonyl (C=O) groups excluding carboxylic acids is 1. The monoisotopic (exact) mass is 282 g/mol. The molecular formula is C12H11BrO3. The van der Waals surface area contributed by atoms with Gasteiger partial charge in [0.25, 0.3) is 0 Å². The summed E-state index contributed by atoms with van der Waals surface area (Å²) in [5.74, 6) is 0.520. The quantitative estimate of drug-likeness (QED) is 0.629. The summed E-state index contributed by atoms with van der Waals surface area (Å²) < 4.78 is 9.38. The molecule has 0 fully saturated rings. The molecule has 1 aromatic carbocycles. The topological polar surface area (TPSA) is 35.5 Å². The lowest BCUT2D eigenvalue weighted by molar-refractivity contribution is -0.109. The molecule has 1 aromatic rings. The molecule has 1 aliphatic rings. The maximum absolute atomic E-state index is 11.2. The molecule has 16 heavy (non-hydrogen) atoms. The number of ether oxygens (including phenoxy) is 2. The second-order valence-corrected chi connectivity index (χ2v) is 4.97. The van der Waals surface area contributed by atoms with Crippen LogP contribution in [0.3, 0.4) is 0 Å². The summed E-state index contributed by atoms with van der Waals surface area (Å²) in [6, 6.07) is 9.75. The second kappa shape index (κ2) is 4.70. The van der Waals surface area contributed by atoms with Crippen molar-refractivity contribution in [2.45, 2.75) is 10.7 Å². The fraction of sp³-hybridized carbons (Fsp3) is 0.250. The summed E-state index contributed by atoms with van der Waals surface area (Å²) in [7, 11) is 0. The third-order valence-electron chi connectivity index (χ3n) is 2.37. The van der Waals surface area contributed by atoms with E-state index in [1.807, 2.05) is 30.3 Å². The van der Waals surface area contributed by atoms with Crippen molar-refractivity contribution in [3.8, 4) is 0 Å². The fourth-order valence-corrected chi connectivity index (χ4v) is 2.07. The summed E-state index contributed by atoms with van der Waals surface area (Å²) in [4.78, 5) is 11.2. The molecule has 0 radical (unpaired) electrons. The minimum Gasteiger partial charge on any atom is -0.462 e. The highest BCUT2D eigenvalue weighted by molar-refractivity contribution is 9.10. The highest BCUT2D eigenvalue weighted by atomic mass is 79.9. The number of alkyl halides is 1. The van der Waals surface area contributed by atoms with Gasteiger partial charge in [-0.05, 0) is 5.56 Å². The molecule has 0 spiro atoms. The first-order valence-electron chi connectivity index (χ1n) is 4.89. The van der Waals surface area contributed by atoms with Crippen molar-refractivity contribution in [1.82, 2.24) is 0 Å². The van der Waals surface area contributed by atoms with Gasteiger partial charge in [0.1, 0.15) is 16.9 Å². The lowest BCUT2D eigenvalue weighted by Crippen LogP contribution is -2.29. The SMILES string of the molecule is O=CC(Br)(Cc1ccccc1)C1=COCO1. The minimum absolute atomic E-state index is 0.172. The van der Waals surface area contributed by atoms with E-state index in [4.69, 9.17) is 9.47 Å². The molecule has 2 rings (SSSR count). The molecule has 1 aliphatic heterocycles. The molecule has 0 bridgehead atoms. The number of hydrogen-bond donors (Lipinski definition) is 0. The molecule has 1 unspecified atom stereocenters. The second-order valence-electron chi connectivity index (χ2n) is 3.55. The minimum atomic E-state index is -0.829. The Morgan fingerprint density at radius 3 is 2.69 bits per heavy atom. The lowest BCUT2D eigenvalue weighted by atomic mass is 9.99. The van der Waals surface area contributed by atoms with E-state index in [-0.39, 0.29) is 6.79 Å². The van der Waals surface area contributed by atoms with Crippen LogP contribution < -0.4 is 0 Å². The van der Waals surface area contributed by atoms with Crippen LogP contribution in [0.1, 0.15) is 5.56 Å². The summed E-state index contributed by atoms with van der Waals surface area (Å²) in [5.41, 5.74) is 1.06. The number of rotatable bonds is 4. The van der Waals surface area contributed by atoms with Crippen molar-refractivity contribution in [3.05, 3.63) is 47.9 Å². The summed E-state index contributed by atoms with van der Waals surface area (Å²) >= 11 is 3.41. The molecule has 1 atom stereocenters. The van der Waals surface area contributed by atoms with Crippen molar-refractivity contribution >= 4 is 22.2 Å². The van der Waals surface area contributed by atoms with Crippen LogP contribution >= 0.6 is 15.9 Å². The first-order chi connectivity index (χ1) is 7.74. The molecule has 0 saturated carbocycles. The smallest absolute Gasteiger partial charge is 0.229 e. The molecule has 4 heteroatoms. The highest BCUT2D eigenvalue weighted by Gasteiger charge is 2.35. The summed E-state index contributed by atoms with van der Waals surface area (Å²) in [5, 5.41) is 0. The molecule has 3 nitrogen and oxygen atoms in total. The molecule has 84 valence electrons. The Kier molecular flexibility index (Phi) is 3.29. The van der Waals surface area contributed by atoms with Gasteiger partial charge in [-0.1, -0.05) is 46.3 Å². The molecule has 1 heterocycles. The Morgan fingerprint density at radius 2 is 2.12 bits per heavy atom. The van der Waals surface area contributed by atoms with E-state index in [1.54, 1.807) is 0 Å². The maximum atomic E-state index is 11.2. The van der Waals surface area contributed by atoms with E-state index < -0.39 is 4.32 Å². The zero-order chi connectivity index (χ0) is 11.4. The van der Waals surface area contributed by atoms with Crippen molar-refractivity contribution in [3.63, 3.8) is 0 Å². The van der Waals surface area contributed by atoms with Gasteiger partial charge >= 0.3 is 0 Å². The summed E-state index contributed by atoms with van der Waals surface area (Å²) in [6.45, 7) is 0.172. The zero-order valence-electron chi connectivity index (χ0n) is 8.56. The largest absolute Gasteiger partial charge is 0.462 e. The normalized spacial score (nSPS) is 17.9. The van der Waals surface area contributed by atoms with Crippen molar-refractivity contribution in [2.24, 2.45) is 0 Å². The van der Waals surface area contributed by atoms with Gasteiger partial charge in [0.05, 0.1) is 0 Å². The average Bonchev–Trinajstić information content (AvgIpc) is 2.84. The third kappa shape index (κ3) is 2.27. The van der Waals surface area contributed by atoms with Crippen molar-refractivity contribution in [1.29, 1.82) is 0 Å². The average molecular weight is 283 g/mol. The molecule has 0 aromatic heterocycles. The van der Waals surface area contributed by atoms with E-state index in [2.05, 4.69) is 15.9 Å². The number of allylic oxidation sites excluding steroid dienone is 1. The fourth-order valence-electron chi connectivity index (χ4n) is 1.54. The van der Waals surface area contributed by atoms with Crippen LogP contribution in [0.4, 0.5) is 0 Å².